The van der Waals surface area contributed by atoms with E-state index in [1.165, 1.54) is 45.2 Å². The molecule has 4 heterocycles. The number of carbonyl (C=O) groups is 2. The van der Waals surface area contributed by atoms with Crippen LogP contribution in [0.15, 0.2) is 0 Å². The van der Waals surface area contributed by atoms with Crippen molar-refractivity contribution in [2.45, 2.75) is 87.6 Å². The molecule has 32 heavy (non-hydrogen) atoms. The lowest BCUT2D eigenvalue weighted by atomic mass is 9.83. The van der Waals surface area contributed by atoms with Crippen LogP contribution in [-0.2, 0) is 9.53 Å². The van der Waals surface area contributed by atoms with Crippen LogP contribution in [0.1, 0.15) is 64.2 Å². The van der Waals surface area contributed by atoms with Crippen molar-refractivity contribution < 1.29 is 14.3 Å². The Morgan fingerprint density at radius 3 is 2.91 bits per heavy atom. The minimum Gasteiger partial charge on any atom is -0.385 e. The molecule has 4 rings (SSSR count). The maximum atomic E-state index is 13.2. The molecule has 0 saturated carbocycles. The van der Waals surface area contributed by atoms with Crippen molar-refractivity contribution in [2.24, 2.45) is 5.92 Å². The minimum atomic E-state index is -0.0218. The number of methoxy groups -OCH3 is 1. The van der Waals surface area contributed by atoms with Gasteiger partial charge in [0.15, 0.2) is 0 Å². The smallest absolute Gasteiger partial charge is 0.315 e. The number of unbranched alkanes of at least 4 members (excludes halogenated alkanes) is 1. The lowest BCUT2D eigenvalue weighted by molar-refractivity contribution is -0.133. The number of hydrogen-bond donors (Lipinski definition) is 2. The third-order valence-electron chi connectivity index (χ3n) is 7.88. The molecule has 4 aliphatic rings. The molecule has 4 fully saturated rings. The Balaban J connectivity index is 1.23. The molecule has 0 aliphatic carbocycles. The van der Waals surface area contributed by atoms with Crippen LogP contribution in [0.5, 0.6) is 0 Å². The number of nitrogens with one attached hydrogen (secondary N) is 2. The molecule has 5 atom stereocenters. The van der Waals surface area contributed by atoms with Gasteiger partial charge in [0, 0.05) is 50.3 Å². The summed E-state index contributed by atoms with van der Waals surface area (Å²) < 4.78 is 5.26. The Morgan fingerprint density at radius 1 is 1.16 bits per heavy atom. The lowest BCUT2D eigenvalue weighted by Crippen LogP contribution is -2.51. The van der Waals surface area contributed by atoms with Gasteiger partial charge in [0.2, 0.25) is 5.91 Å². The second-order valence-electron chi connectivity index (χ2n) is 10.1. The third-order valence-corrected chi connectivity index (χ3v) is 9.39. The highest BCUT2D eigenvalue weighted by molar-refractivity contribution is 8.00. The summed E-state index contributed by atoms with van der Waals surface area (Å²) in [5.74, 6) is 1.95. The predicted octanol–water partition coefficient (Wildman–Crippen LogP) is 2.84. The van der Waals surface area contributed by atoms with E-state index in [1.807, 2.05) is 11.8 Å². The average Bonchev–Trinajstić information content (AvgIpc) is 3.35. The molecule has 0 bridgehead atoms. The molecule has 2 N–H and O–H groups in total. The van der Waals surface area contributed by atoms with Crippen molar-refractivity contribution in [1.82, 2.24) is 20.4 Å². The fourth-order valence-electron chi connectivity index (χ4n) is 6.21. The van der Waals surface area contributed by atoms with Gasteiger partial charge in [0.25, 0.3) is 0 Å². The van der Waals surface area contributed by atoms with Gasteiger partial charge in [-0.2, -0.15) is 11.8 Å². The van der Waals surface area contributed by atoms with Crippen molar-refractivity contribution in [3.63, 3.8) is 0 Å². The molecule has 8 heteroatoms. The van der Waals surface area contributed by atoms with Crippen LogP contribution in [-0.4, -0.2) is 90.8 Å². The zero-order valence-electron chi connectivity index (χ0n) is 19.7. The number of carbonyl (C=O) groups excluding carboxylic acids is 2. The van der Waals surface area contributed by atoms with Crippen LogP contribution in [0.2, 0.25) is 0 Å². The summed E-state index contributed by atoms with van der Waals surface area (Å²) in [5, 5.41) is 6.55. The molecule has 4 aliphatic heterocycles. The van der Waals surface area contributed by atoms with Gasteiger partial charge in [0.05, 0.1) is 12.1 Å². The number of amides is 3. The van der Waals surface area contributed by atoms with Gasteiger partial charge < -0.3 is 25.2 Å². The van der Waals surface area contributed by atoms with Crippen molar-refractivity contribution >= 4 is 23.7 Å². The molecule has 0 radical (unpaired) electrons. The molecule has 4 saturated heterocycles. The first-order chi connectivity index (χ1) is 15.7. The van der Waals surface area contributed by atoms with E-state index in [0.29, 0.717) is 36.1 Å². The van der Waals surface area contributed by atoms with Gasteiger partial charge in [-0.3, -0.25) is 4.79 Å². The maximum absolute atomic E-state index is 13.2. The predicted molar refractivity (Wildman–Crippen MR) is 129 cm³/mol. The van der Waals surface area contributed by atoms with Crippen LogP contribution >= 0.6 is 11.8 Å². The number of fused-ring (bicyclic) bond motifs is 2. The van der Waals surface area contributed by atoms with E-state index in [1.54, 1.807) is 7.11 Å². The standard InChI is InChI=1S/C24H42N4O3S/c1-31-15-7-14-28(16-18-8-6-13-27-12-5-4-9-20(18)27)22(29)11-3-2-10-21-23-19(17-32-21)25-24(30)26-23/h18-21,23H,2-17H2,1H3,(H2,25,26,30). The largest absolute Gasteiger partial charge is 0.385 e. The van der Waals surface area contributed by atoms with Crippen LogP contribution in [0.4, 0.5) is 4.79 Å². The van der Waals surface area contributed by atoms with Crippen LogP contribution in [0, 0.1) is 5.92 Å². The summed E-state index contributed by atoms with van der Waals surface area (Å²) in [6.45, 7) is 4.94. The first-order valence-corrected chi connectivity index (χ1v) is 13.9. The van der Waals surface area contributed by atoms with Crippen LogP contribution < -0.4 is 10.6 Å². The first-order valence-electron chi connectivity index (χ1n) is 12.8. The molecular weight excluding hydrogens is 424 g/mol. The summed E-state index contributed by atoms with van der Waals surface area (Å²) in [7, 11) is 1.74. The quantitative estimate of drug-likeness (QED) is 0.362. The molecule has 7 nitrogen and oxygen atoms in total. The van der Waals surface area contributed by atoms with E-state index >= 15 is 0 Å². The van der Waals surface area contributed by atoms with Crippen molar-refractivity contribution in [1.29, 1.82) is 0 Å². The number of rotatable bonds is 11. The summed E-state index contributed by atoms with van der Waals surface area (Å²) in [4.78, 5) is 29.6. The SMILES string of the molecule is COCCCN(CC1CCCN2CCCCC12)C(=O)CCCCC1SCC2NC(=O)NC21. The number of urea groups is 1. The summed E-state index contributed by atoms with van der Waals surface area (Å²) in [6.07, 6.45) is 11.1. The summed E-state index contributed by atoms with van der Waals surface area (Å²) in [6, 6.07) is 1.20. The van der Waals surface area contributed by atoms with E-state index in [0.717, 1.165) is 44.5 Å². The second-order valence-corrected chi connectivity index (χ2v) is 11.3. The highest BCUT2D eigenvalue weighted by Crippen LogP contribution is 2.34. The second kappa shape index (κ2) is 11.9. The normalized spacial score (nSPS) is 32.2. The molecule has 0 aromatic heterocycles. The zero-order chi connectivity index (χ0) is 22.3. The van der Waals surface area contributed by atoms with E-state index in [2.05, 4.69) is 20.4 Å². The molecular formula is C24H42N4O3S. The number of thioether (sulfide) groups is 1. The van der Waals surface area contributed by atoms with Crippen LogP contribution in [0.3, 0.4) is 0 Å². The topological polar surface area (TPSA) is 73.9 Å². The Kier molecular flexibility index (Phi) is 9.00. The summed E-state index contributed by atoms with van der Waals surface area (Å²) in [5.41, 5.74) is 0. The third kappa shape index (κ3) is 6.11. The van der Waals surface area contributed by atoms with Crippen molar-refractivity contribution in [3.05, 3.63) is 0 Å². The maximum Gasteiger partial charge on any atom is 0.315 e. The van der Waals surface area contributed by atoms with Crippen LogP contribution in [0.25, 0.3) is 0 Å². The number of piperidine rings is 2. The highest BCUT2D eigenvalue weighted by Gasteiger charge is 2.42. The van der Waals surface area contributed by atoms with E-state index in [4.69, 9.17) is 4.74 Å². The lowest BCUT2D eigenvalue weighted by Gasteiger charge is -2.45. The first kappa shape index (κ1) is 24.1. The minimum absolute atomic E-state index is 0.0218. The fraction of sp³-hybridized carbons (Fsp3) is 0.917. The molecule has 5 unspecified atom stereocenters. The van der Waals surface area contributed by atoms with Gasteiger partial charge in [-0.05, 0) is 64.0 Å². The molecule has 0 spiro atoms. The average molecular weight is 467 g/mol. The molecule has 182 valence electrons. The van der Waals surface area contributed by atoms with Gasteiger partial charge >= 0.3 is 6.03 Å². The van der Waals surface area contributed by atoms with Crippen molar-refractivity contribution in [2.75, 3.05) is 45.6 Å². The number of hydrogen-bond acceptors (Lipinski definition) is 5. The van der Waals surface area contributed by atoms with Gasteiger partial charge in [-0.25, -0.2) is 4.79 Å². The van der Waals surface area contributed by atoms with Gasteiger partial charge in [0.1, 0.15) is 0 Å². The summed E-state index contributed by atoms with van der Waals surface area (Å²) >= 11 is 1.96. The highest BCUT2D eigenvalue weighted by atomic mass is 32.2. The Morgan fingerprint density at radius 2 is 2.03 bits per heavy atom. The Bertz CT molecular complexity index is 634. The van der Waals surface area contributed by atoms with E-state index in [-0.39, 0.29) is 18.1 Å². The monoisotopic (exact) mass is 466 g/mol. The zero-order valence-corrected chi connectivity index (χ0v) is 20.5. The number of ether oxygens (including phenoxy) is 1. The van der Waals surface area contributed by atoms with Crippen molar-refractivity contribution in [3.8, 4) is 0 Å². The molecule has 0 aromatic carbocycles. The fourth-order valence-corrected chi connectivity index (χ4v) is 7.76. The van der Waals surface area contributed by atoms with E-state index < -0.39 is 0 Å². The van der Waals surface area contributed by atoms with E-state index in [9.17, 15) is 9.59 Å². The molecule has 0 aromatic rings. The Hall–Kier alpha value is -0.990. The van der Waals surface area contributed by atoms with Gasteiger partial charge in [-0.1, -0.05) is 12.8 Å². The Labute approximate surface area is 197 Å². The number of nitrogens with zero attached hydrogens (tertiary/aromatic N) is 2. The molecule has 3 amide bonds. The van der Waals surface area contributed by atoms with Gasteiger partial charge in [-0.15, -0.1) is 0 Å².